The van der Waals surface area contributed by atoms with Gasteiger partial charge in [0.1, 0.15) is 4.90 Å². The smallest absolute Gasteiger partial charge is 0.244 e. The lowest BCUT2D eigenvalue weighted by atomic mass is 10.2. The van der Waals surface area contributed by atoms with Crippen molar-refractivity contribution in [2.45, 2.75) is 76.4 Å². The Bertz CT molecular complexity index is 564. The van der Waals surface area contributed by atoms with Crippen LogP contribution in [0.15, 0.2) is 4.90 Å². The van der Waals surface area contributed by atoms with Crippen molar-refractivity contribution in [3.8, 4) is 0 Å². The van der Waals surface area contributed by atoms with Crippen LogP contribution in [0.1, 0.15) is 57.3 Å². The molecule has 0 saturated heterocycles. The molecule has 120 valence electrons. The zero-order valence-corrected chi connectivity index (χ0v) is 13.9. The van der Waals surface area contributed by atoms with Gasteiger partial charge in [0, 0.05) is 18.6 Å². The van der Waals surface area contributed by atoms with Gasteiger partial charge in [0.25, 0.3) is 0 Å². The Morgan fingerprint density at radius 3 is 2.76 bits per heavy atom. The molecular formula is C14H26N4O2S. The fourth-order valence-electron chi connectivity index (χ4n) is 2.37. The van der Waals surface area contributed by atoms with E-state index in [9.17, 15) is 8.42 Å². The molecule has 1 aliphatic carbocycles. The van der Waals surface area contributed by atoms with E-state index in [1.807, 2.05) is 6.92 Å². The van der Waals surface area contributed by atoms with Gasteiger partial charge in [0.05, 0.1) is 11.4 Å². The first-order valence-corrected chi connectivity index (χ1v) is 9.22. The molecule has 0 aliphatic heterocycles. The van der Waals surface area contributed by atoms with E-state index in [4.69, 9.17) is 0 Å². The van der Waals surface area contributed by atoms with Crippen LogP contribution in [0.2, 0.25) is 0 Å². The summed E-state index contributed by atoms with van der Waals surface area (Å²) in [6, 6.07) is 0.461. The van der Waals surface area contributed by atoms with Crippen LogP contribution in [-0.4, -0.2) is 30.7 Å². The molecular weight excluding hydrogens is 288 g/mol. The zero-order chi connectivity index (χ0) is 15.5. The number of nitrogens with zero attached hydrogens (tertiary/aromatic N) is 1. The first-order valence-electron chi connectivity index (χ1n) is 7.73. The van der Waals surface area contributed by atoms with E-state index in [-0.39, 0.29) is 6.04 Å². The lowest BCUT2D eigenvalue weighted by Crippen LogP contribution is -2.33. The summed E-state index contributed by atoms with van der Waals surface area (Å²) in [5.74, 6) is 0. The molecule has 0 radical (unpaired) electrons. The molecule has 1 saturated carbocycles. The maximum absolute atomic E-state index is 12.6. The van der Waals surface area contributed by atoms with E-state index in [1.165, 1.54) is 0 Å². The van der Waals surface area contributed by atoms with Crippen LogP contribution in [0.25, 0.3) is 0 Å². The summed E-state index contributed by atoms with van der Waals surface area (Å²) in [7, 11) is -3.52. The van der Waals surface area contributed by atoms with Crippen molar-refractivity contribution in [3.63, 3.8) is 0 Å². The topological polar surface area (TPSA) is 86.9 Å². The van der Waals surface area contributed by atoms with Gasteiger partial charge in [-0.1, -0.05) is 19.8 Å². The number of aromatic nitrogens is 2. The van der Waals surface area contributed by atoms with Crippen molar-refractivity contribution in [2.24, 2.45) is 0 Å². The van der Waals surface area contributed by atoms with Gasteiger partial charge in [-0.3, -0.25) is 5.10 Å². The molecule has 1 heterocycles. The number of H-pyrrole nitrogens is 1. The molecule has 0 spiro atoms. The Hall–Kier alpha value is -0.920. The van der Waals surface area contributed by atoms with E-state index in [0.29, 0.717) is 28.9 Å². The van der Waals surface area contributed by atoms with E-state index in [1.54, 1.807) is 6.92 Å². The summed E-state index contributed by atoms with van der Waals surface area (Å²) in [6.07, 6.45) is 5.26. The van der Waals surface area contributed by atoms with Crippen molar-refractivity contribution >= 4 is 10.0 Å². The Morgan fingerprint density at radius 2 is 2.14 bits per heavy atom. The van der Waals surface area contributed by atoms with Gasteiger partial charge < -0.3 is 5.32 Å². The largest absolute Gasteiger partial charge is 0.308 e. The second-order valence-electron chi connectivity index (χ2n) is 5.94. The third kappa shape index (κ3) is 4.52. The minimum Gasteiger partial charge on any atom is -0.308 e. The highest BCUT2D eigenvalue weighted by Crippen LogP contribution is 2.22. The number of rotatable bonds is 9. The van der Waals surface area contributed by atoms with Crippen LogP contribution < -0.4 is 10.0 Å². The molecule has 1 atom stereocenters. The number of unbranched alkanes of at least 4 members (excludes halogenated alkanes) is 1. The summed E-state index contributed by atoms with van der Waals surface area (Å²) in [4.78, 5) is 0.305. The minimum absolute atomic E-state index is 0.0616. The SMILES string of the molecule is CCCCC(C)NS(=O)(=O)c1c(CNC2CC2)n[nH]c1C. The average Bonchev–Trinajstić information content (AvgIpc) is 3.16. The van der Waals surface area contributed by atoms with Gasteiger partial charge in [0.15, 0.2) is 0 Å². The van der Waals surface area contributed by atoms with Gasteiger partial charge in [-0.2, -0.15) is 5.10 Å². The van der Waals surface area contributed by atoms with Crippen molar-refractivity contribution in [3.05, 3.63) is 11.4 Å². The molecule has 0 amide bonds. The summed E-state index contributed by atoms with van der Waals surface area (Å²) in [5.41, 5.74) is 1.17. The van der Waals surface area contributed by atoms with Crippen LogP contribution in [0.3, 0.4) is 0 Å². The first-order chi connectivity index (χ1) is 9.94. The molecule has 0 bridgehead atoms. The fraction of sp³-hybridized carbons (Fsp3) is 0.786. The summed E-state index contributed by atoms with van der Waals surface area (Å²) >= 11 is 0. The number of hydrogen-bond acceptors (Lipinski definition) is 4. The van der Waals surface area contributed by atoms with Crippen LogP contribution in [0.5, 0.6) is 0 Å². The van der Waals surface area contributed by atoms with Crippen molar-refractivity contribution in [2.75, 3.05) is 0 Å². The van der Waals surface area contributed by atoms with Crippen molar-refractivity contribution < 1.29 is 8.42 Å². The van der Waals surface area contributed by atoms with E-state index in [2.05, 4.69) is 27.2 Å². The number of hydrogen-bond donors (Lipinski definition) is 3. The molecule has 2 rings (SSSR count). The van der Waals surface area contributed by atoms with Crippen molar-refractivity contribution in [1.82, 2.24) is 20.2 Å². The Balaban J connectivity index is 2.08. The van der Waals surface area contributed by atoms with Crippen LogP contribution in [0.4, 0.5) is 0 Å². The predicted octanol–water partition coefficient (Wildman–Crippen LogP) is 1.83. The molecule has 7 heteroatoms. The number of sulfonamides is 1. The van der Waals surface area contributed by atoms with Crippen LogP contribution in [0, 0.1) is 6.92 Å². The highest BCUT2D eigenvalue weighted by atomic mass is 32.2. The van der Waals surface area contributed by atoms with Gasteiger partial charge >= 0.3 is 0 Å². The molecule has 1 aliphatic rings. The fourth-order valence-corrected chi connectivity index (χ4v) is 4.01. The van der Waals surface area contributed by atoms with E-state index >= 15 is 0 Å². The van der Waals surface area contributed by atoms with Crippen LogP contribution in [-0.2, 0) is 16.6 Å². The zero-order valence-electron chi connectivity index (χ0n) is 13.1. The molecule has 1 aromatic rings. The third-order valence-corrected chi connectivity index (χ3v) is 5.50. The quantitative estimate of drug-likeness (QED) is 0.649. The standard InChI is InChI=1S/C14H26N4O2S/c1-4-5-6-10(2)18-21(19,20)14-11(3)16-17-13(14)9-15-12-7-8-12/h10,12,15,18H,4-9H2,1-3H3,(H,16,17). The maximum atomic E-state index is 12.6. The van der Waals surface area contributed by atoms with Gasteiger partial charge in [0.2, 0.25) is 10.0 Å². The Kier molecular flexibility index (Phi) is 5.40. The number of nitrogens with one attached hydrogen (secondary N) is 3. The Morgan fingerprint density at radius 1 is 1.43 bits per heavy atom. The van der Waals surface area contributed by atoms with E-state index in [0.717, 1.165) is 32.1 Å². The summed E-state index contributed by atoms with van der Waals surface area (Å²) < 4.78 is 27.9. The number of aromatic amines is 1. The first kappa shape index (κ1) is 16.5. The average molecular weight is 314 g/mol. The molecule has 21 heavy (non-hydrogen) atoms. The molecule has 3 N–H and O–H groups in total. The normalized spacial score (nSPS) is 17.1. The second kappa shape index (κ2) is 6.89. The minimum atomic E-state index is -3.52. The molecule has 0 aromatic carbocycles. The second-order valence-corrected chi connectivity index (χ2v) is 7.59. The highest BCUT2D eigenvalue weighted by Gasteiger charge is 2.27. The lowest BCUT2D eigenvalue weighted by molar-refractivity contribution is 0.532. The predicted molar refractivity (Wildman–Crippen MR) is 82.5 cm³/mol. The third-order valence-electron chi connectivity index (χ3n) is 3.71. The molecule has 1 fully saturated rings. The Labute approximate surface area is 127 Å². The maximum Gasteiger partial charge on any atom is 0.244 e. The van der Waals surface area contributed by atoms with Gasteiger partial charge in [-0.05, 0) is 33.1 Å². The summed E-state index contributed by atoms with van der Waals surface area (Å²) in [5, 5.41) is 10.3. The molecule has 1 aromatic heterocycles. The number of aryl methyl sites for hydroxylation is 1. The van der Waals surface area contributed by atoms with E-state index < -0.39 is 10.0 Å². The van der Waals surface area contributed by atoms with Gasteiger partial charge in [-0.25, -0.2) is 13.1 Å². The summed E-state index contributed by atoms with van der Waals surface area (Å²) in [6.45, 7) is 6.25. The van der Waals surface area contributed by atoms with Gasteiger partial charge in [-0.15, -0.1) is 0 Å². The monoisotopic (exact) mass is 314 g/mol. The highest BCUT2D eigenvalue weighted by molar-refractivity contribution is 7.89. The van der Waals surface area contributed by atoms with Crippen molar-refractivity contribution in [1.29, 1.82) is 0 Å². The lowest BCUT2D eigenvalue weighted by Gasteiger charge is -2.14. The molecule has 1 unspecified atom stereocenters. The van der Waals surface area contributed by atoms with Crippen LogP contribution >= 0.6 is 0 Å². The molecule has 6 nitrogen and oxygen atoms in total.